The highest BCUT2D eigenvalue weighted by Gasteiger charge is 2.23. The van der Waals surface area contributed by atoms with Gasteiger partial charge < -0.3 is 13.7 Å². The van der Waals surface area contributed by atoms with Crippen molar-refractivity contribution in [2.75, 3.05) is 4.90 Å². The van der Waals surface area contributed by atoms with Gasteiger partial charge in [0.2, 0.25) is 5.89 Å². The Bertz CT molecular complexity index is 3130. The molecule has 244 valence electrons. The maximum Gasteiger partial charge on any atom is 0.228 e. The van der Waals surface area contributed by atoms with E-state index in [2.05, 4.69) is 138 Å². The molecule has 11 rings (SSSR count). The van der Waals surface area contributed by atoms with Crippen molar-refractivity contribution in [1.29, 1.82) is 0 Å². The first-order chi connectivity index (χ1) is 25.7. The minimum Gasteiger partial charge on any atom is -0.454 e. The lowest BCUT2D eigenvalue weighted by atomic mass is 10.00. The molecule has 5 heteroatoms. The molecule has 0 saturated carbocycles. The lowest BCUT2D eigenvalue weighted by Crippen LogP contribution is -2.10. The van der Waals surface area contributed by atoms with Gasteiger partial charge in [-0.2, -0.15) is 0 Å². The van der Waals surface area contributed by atoms with Crippen LogP contribution in [0.2, 0.25) is 0 Å². The summed E-state index contributed by atoms with van der Waals surface area (Å²) in [6.07, 6.45) is 0. The fourth-order valence-corrected chi connectivity index (χ4v) is 8.79. The van der Waals surface area contributed by atoms with Crippen LogP contribution >= 0.6 is 11.3 Å². The van der Waals surface area contributed by atoms with Crippen LogP contribution in [-0.4, -0.2) is 4.98 Å². The standard InChI is InChI=1S/C47H28N2O2S/c1-2-11-30-26-32(23-22-29(30)10-1)31-12-7-13-33(27-31)49(34-24-25-36-35-14-3-6-21-43(35)52-44(36)28-34)40-18-8-15-37-45-38(16-9-20-42(45)50-46(37)40)47-48-39-17-4-5-19-41(39)51-47/h1-28H. The van der Waals surface area contributed by atoms with Crippen molar-refractivity contribution in [2.45, 2.75) is 0 Å². The lowest BCUT2D eigenvalue weighted by Gasteiger charge is -2.26. The Labute approximate surface area is 302 Å². The average Bonchev–Trinajstić information content (AvgIpc) is 3.91. The fraction of sp³-hybridized carbons (Fsp3) is 0. The third kappa shape index (κ3) is 4.57. The Morgan fingerprint density at radius 1 is 0.481 bits per heavy atom. The molecule has 52 heavy (non-hydrogen) atoms. The van der Waals surface area contributed by atoms with Crippen molar-refractivity contribution in [3.8, 4) is 22.6 Å². The number of hydrogen-bond donors (Lipinski definition) is 0. The van der Waals surface area contributed by atoms with Gasteiger partial charge in [-0.15, -0.1) is 11.3 Å². The van der Waals surface area contributed by atoms with Crippen LogP contribution in [0.3, 0.4) is 0 Å². The molecule has 0 radical (unpaired) electrons. The Morgan fingerprint density at radius 3 is 2.19 bits per heavy atom. The Hall–Kier alpha value is -6.69. The van der Waals surface area contributed by atoms with Gasteiger partial charge in [-0.25, -0.2) is 4.98 Å². The summed E-state index contributed by atoms with van der Waals surface area (Å²) in [5.41, 5.74) is 9.45. The van der Waals surface area contributed by atoms with Gasteiger partial charge in [0.15, 0.2) is 11.2 Å². The fourth-order valence-electron chi connectivity index (χ4n) is 7.65. The zero-order valence-electron chi connectivity index (χ0n) is 27.8. The van der Waals surface area contributed by atoms with Crippen molar-refractivity contribution >= 4 is 92.4 Å². The van der Waals surface area contributed by atoms with E-state index in [1.54, 1.807) is 0 Å². The number of para-hydroxylation sites is 3. The maximum absolute atomic E-state index is 6.83. The Kier molecular flexibility index (Phi) is 6.39. The number of furan rings is 1. The lowest BCUT2D eigenvalue weighted by molar-refractivity contribution is 0.620. The zero-order chi connectivity index (χ0) is 34.2. The van der Waals surface area contributed by atoms with Gasteiger partial charge in [0, 0.05) is 47.9 Å². The topological polar surface area (TPSA) is 42.4 Å². The highest BCUT2D eigenvalue weighted by molar-refractivity contribution is 7.25. The van der Waals surface area contributed by atoms with E-state index < -0.39 is 0 Å². The van der Waals surface area contributed by atoms with E-state index in [9.17, 15) is 0 Å². The van der Waals surface area contributed by atoms with E-state index in [0.29, 0.717) is 5.89 Å². The third-order valence-electron chi connectivity index (χ3n) is 10.1. The molecule has 0 atom stereocenters. The second kappa shape index (κ2) is 11.4. The van der Waals surface area contributed by atoms with Crippen molar-refractivity contribution in [2.24, 2.45) is 0 Å². The van der Waals surface area contributed by atoms with Crippen LogP contribution in [0, 0.1) is 0 Å². The SMILES string of the molecule is c1cc(-c2ccc3ccccc3c2)cc(N(c2ccc3c(c2)sc2ccccc23)c2cccc3c2oc2cccc(-c4nc5ccccc5o4)c23)c1. The van der Waals surface area contributed by atoms with Crippen molar-refractivity contribution < 1.29 is 8.83 Å². The molecule has 0 amide bonds. The molecule has 0 aliphatic rings. The number of oxazole rings is 1. The van der Waals surface area contributed by atoms with E-state index >= 15 is 0 Å². The first-order valence-electron chi connectivity index (χ1n) is 17.4. The van der Waals surface area contributed by atoms with E-state index in [1.165, 1.54) is 36.5 Å². The number of aromatic nitrogens is 1. The highest BCUT2D eigenvalue weighted by Crippen LogP contribution is 2.46. The van der Waals surface area contributed by atoms with Crippen molar-refractivity contribution in [1.82, 2.24) is 4.98 Å². The normalized spacial score (nSPS) is 11.8. The second-order valence-corrected chi connectivity index (χ2v) is 14.2. The number of nitrogens with zero attached hydrogens (tertiary/aromatic N) is 2. The van der Waals surface area contributed by atoms with E-state index in [-0.39, 0.29) is 0 Å². The van der Waals surface area contributed by atoms with E-state index in [0.717, 1.165) is 61.2 Å². The van der Waals surface area contributed by atoms with Gasteiger partial charge in [0.1, 0.15) is 11.1 Å². The molecule has 0 bridgehead atoms. The minimum absolute atomic E-state index is 0.579. The smallest absolute Gasteiger partial charge is 0.228 e. The summed E-state index contributed by atoms with van der Waals surface area (Å²) >= 11 is 1.83. The van der Waals surface area contributed by atoms with Crippen LogP contribution in [0.15, 0.2) is 179 Å². The summed E-state index contributed by atoms with van der Waals surface area (Å²) < 4.78 is 15.6. The van der Waals surface area contributed by atoms with Gasteiger partial charge in [0.05, 0.1) is 5.69 Å². The summed E-state index contributed by atoms with van der Waals surface area (Å²) in [5.74, 6) is 0.579. The number of rotatable bonds is 5. The third-order valence-corrected chi connectivity index (χ3v) is 11.2. The van der Waals surface area contributed by atoms with Crippen molar-refractivity contribution in [3.05, 3.63) is 170 Å². The first kappa shape index (κ1) is 29.1. The second-order valence-electron chi connectivity index (χ2n) is 13.1. The summed E-state index contributed by atoms with van der Waals surface area (Å²) in [7, 11) is 0. The van der Waals surface area contributed by atoms with Crippen LogP contribution < -0.4 is 4.90 Å². The van der Waals surface area contributed by atoms with Crippen LogP contribution in [0.1, 0.15) is 0 Å². The van der Waals surface area contributed by atoms with Gasteiger partial charge in [-0.05, 0) is 88.6 Å². The van der Waals surface area contributed by atoms with E-state index in [1.807, 2.05) is 47.7 Å². The number of benzene rings is 8. The minimum atomic E-state index is 0.579. The quantitative estimate of drug-likeness (QED) is 0.181. The molecular weight excluding hydrogens is 657 g/mol. The molecule has 0 fully saturated rings. The summed E-state index contributed by atoms with van der Waals surface area (Å²) in [6, 6.07) is 59.8. The van der Waals surface area contributed by atoms with Gasteiger partial charge in [0.25, 0.3) is 0 Å². The number of hydrogen-bond acceptors (Lipinski definition) is 5. The average molecular weight is 685 g/mol. The molecule has 0 aliphatic heterocycles. The number of fused-ring (bicyclic) bond motifs is 8. The molecular formula is C47H28N2O2S. The first-order valence-corrected chi connectivity index (χ1v) is 18.2. The molecule has 0 spiro atoms. The molecule has 3 aromatic heterocycles. The Balaban J connectivity index is 1.14. The number of anilines is 3. The molecule has 0 saturated heterocycles. The monoisotopic (exact) mass is 684 g/mol. The van der Waals surface area contributed by atoms with Gasteiger partial charge in [-0.3, -0.25) is 0 Å². The van der Waals surface area contributed by atoms with Gasteiger partial charge >= 0.3 is 0 Å². The summed E-state index contributed by atoms with van der Waals surface area (Å²) in [6.45, 7) is 0. The predicted molar refractivity (Wildman–Crippen MR) is 217 cm³/mol. The maximum atomic E-state index is 6.83. The van der Waals surface area contributed by atoms with Crippen LogP contribution in [-0.2, 0) is 0 Å². The molecule has 0 unspecified atom stereocenters. The molecule has 8 aromatic carbocycles. The molecule has 4 nitrogen and oxygen atoms in total. The summed E-state index contributed by atoms with van der Waals surface area (Å²) in [4.78, 5) is 7.19. The predicted octanol–water partition coefficient (Wildman–Crippen LogP) is 14.1. The number of thiophene rings is 1. The zero-order valence-corrected chi connectivity index (χ0v) is 28.6. The Morgan fingerprint density at radius 2 is 1.23 bits per heavy atom. The molecule has 0 aliphatic carbocycles. The van der Waals surface area contributed by atoms with Crippen LogP contribution in [0.5, 0.6) is 0 Å². The van der Waals surface area contributed by atoms with Crippen LogP contribution in [0.4, 0.5) is 17.1 Å². The van der Waals surface area contributed by atoms with Crippen LogP contribution in [0.25, 0.3) is 86.6 Å². The molecule has 3 heterocycles. The van der Waals surface area contributed by atoms with E-state index in [4.69, 9.17) is 13.8 Å². The molecule has 11 aromatic rings. The van der Waals surface area contributed by atoms with Crippen molar-refractivity contribution in [3.63, 3.8) is 0 Å². The largest absolute Gasteiger partial charge is 0.454 e. The highest BCUT2D eigenvalue weighted by atomic mass is 32.1. The molecule has 0 N–H and O–H groups in total. The summed E-state index contributed by atoms with van der Waals surface area (Å²) in [5, 5.41) is 6.98. The van der Waals surface area contributed by atoms with Gasteiger partial charge in [-0.1, -0.05) is 103 Å².